The second-order valence-electron chi connectivity index (χ2n) is 6.00. The van der Waals surface area contributed by atoms with Crippen LogP contribution < -0.4 is 5.32 Å². The molecule has 1 aromatic carbocycles. The van der Waals surface area contributed by atoms with Gasteiger partial charge in [0.15, 0.2) is 0 Å². The molecule has 108 valence electrons. The average Bonchev–Trinajstić information content (AvgIpc) is 3.26. The number of carbonyl (C=O) groups is 1. The van der Waals surface area contributed by atoms with Gasteiger partial charge in [0.05, 0.1) is 6.04 Å². The summed E-state index contributed by atoms with van der Waals surface area (Å²) in [5, 5.41) is 3.43. The Balaban J connectivity index is 0.00000121. The molecular weight excluding hydrogens is 272 g/mol. The van der Waals surface area contributed by atoms with Crippen molar-refractivity contribution in [1.82, 2.24) is 10.2 Å². The maximum atomic E-state index is 12.7. The maximum absolute atomic E-state index is 12.7. The Morgan fingerprint density at radius 1 is 1.30 bits per heavy atom. The van der Waals surface area contributed by atoms with E-state index in [1.165, 1.54) is 29.5 Å². The highest BCUT2D eigenvalue weighted by molar-refractivity contribution is 6.01. The minimum Gasteiger partial charge on any atom is -0.329 e. The third-order valence-electron chi connectivity index (χ3n) is 4.76. The lowest BCUT2D eigenvalue weighted by atomic mass is 9.93. The van der Waals surface area contributed by atoms with Crippen LogP contribution in [0, 0.1) is 0 Å². The summed E-state index contributed by atoms with van der Waals surface area (Å²) >= 11 is 0. The van der Waals surface area contributed by atoms with Crippen molar-refractivity contribution in [2.24, 2.45) is 0 Å². The number of aryl methyl sites for hydroxylation is 1. The lowest BCUT2D eigenvalue weighted by Crippen LogP contribution is -2.44. The molecule has 0 aromatic heterocycles. The molecule has 1 aliphatic carbocycles. The SMILES string of the molecule is CCc1cc(C2CC2)c2c(c1)[C@H]1CNCCN1C2=O.Cl. The van der Waals surface area contributed by atoms with Crippen molar-refractivity contribution < 1.29 is 4.79 Å². The van der Waals surface area contributed by atoms with E-state index in [1.54, 1.807) is 0 Å². The molecule has 0 spiro atoms. The van der Waals surface area contributed by atoms with Crippen molar-refractivity contribution in [3.63, 3.8) is 0 Å². The first-order valence-electron chi connectivity index (χ1n) is 7.48. The van der Waals surface area contributed by atoms with Crippen LogP contribution in [0.25, 0.3) is 0 Å². The Bertz CT molecular complexity index is 554. The number of hydrogen-bond acceptors (Lipinski definition) is 2. The molecule has 4 heteroatoms. The smallest absolute Gasteiger partial charge is 0.255 e. The van der Waals surface area contributed by atoms with Crippen LogP contribution in [-0.4, -0.2) is 30.4 Å². The summed E-state index contributed by atoms with van der Waals surface area (Å²) in [6.07, 6.45) is 3.58. The molecule has 1 aromatic rings. The Hall–Kier alpha value is -1.06. The van der Waals surface area contributed by atoms with E-state index in [2.05, 4.69) is 29.3 Å². The number of nitrogens with zero attached hydrogens (tertiary/aromatic N) is 1. The van der Waals surface area contributed by atoms with Gasteiger partial charge in [-0.15, -0.1) is 12.4 Å². The first kappa shape index (κ1) is 13.9. The first-order valence-corrected chi connectivity index (χ1v) is 7.48. The Labute approximate surface area is 126 Å². The van der Waals surface area contributed by atoms with Crippen LogP contribution in [0.3, 0.4) is 0 Å². The van der Waals surface area contributed by atoms with Gasteiger partial charge in [-0.3, -0.25) is 4.79 Å². The molecule has 1 N–H and O–H groups in total. The largest absolute Gasteiger partial charge is 0.329 e. The molecule has 0 radical (unpaired) electrons. The molecule has 3 aliphatic rings. The highest BCUT2D eigenvalue weighted by Gasteiger charge is 2.42. The van der Waals surface area contributed by atoms with Crippen LogP contribution in [0.15, 0.2) is 12.1 Å². The van der Waals surface area contributed by atoms with Crippen molar-refractivity contribution in [3.05, 3.63) is 34.4 Å². The molecule has 3 nitrogen and oxygen atoms in total. The summed E-state index contributed by atoms with van der Waals surface area (Å²) in [6.45, 7) is 4.89. The van der Waals surface area contributed by atoms with E-state index in [1.807, 2.05) is 0 Å². The number of amides is 1. The van der Waals surface area contributed by atoms with E-state index < -0.39 is 0 Å². The van der Waals surface area contributed by atoms with Crippen molar-refractivity contribution in [1.29, 1.82) is 0 Å². The second-order valence-corrected chi connectivity index (χ2v) is 6.00. The molecule has 0 unspecified atom stereocenters. The molecular formula is C16H21ClN2O. The molecule has 1 saturated carbocycles. The van der Waals surface area contributed by atoms with Crippen molar-refractivity contribution in [3.8, 4) is 0 Å². The topological polar surface area (TPSA) is 32.3 Å². The van der Waals surface area contributed by atoms with Gasteiger partial charge in [-0.05, 0) is 41.9 Å². The fourth-order valence-electron chi connectivity index (χ4n) is 3.55. The summed E-state index contributed by atoms with van der Waals surface area (Å²) < 4.78 is 0. The minimum absolute atomic E-state index is 0. The summed E-state index contributed by atoms with van der Waals surface area (Å²) in [6, 6.07) is 4.84. The number of hydrogen-bond donors (Lipinski definition) is 1. The van der Waals surface area contributed by atoms with Gasteiger partial charge in [0.2, 0.25) is 0 Å². The normalized spacial score (nSPS) is 24.1. The van der Waals surface area contributed by atoms with Crippen LogP contribution in [0.5, 0.6) is 0 Å². The van der Waals surface area contributed by atoms with Gasteiger partial charge in [0.25, 0.3) is 5.91 Å². The monoisotopic (exact) mass is 292 g/mol. The number of rotatable bonds is 2. The predicted molar refractivity (Wildman–Crippen MR) is 81.7 cm³/mol. The summed E-state index contributed by atoms with van der Waals surface area (Å²) in [4.78, 5) is 14.8. The van der Waals surface area contributed by atoms with Crippen molar-refractivity contribution in [2.45, 2.75) is 38.1 Å². The standard InChI is InChI=1S/C16H20N2O.ClH/c1-2-10-7-12(11-3-4-11)15-13(8-10)14-9-17-5-6-18(14)16(15)19;/h7-8,11,14,17H,2-6,9H2,1H3;1H/t14-;/m1./s1. The number of carbonyl (C=O) groups excluding carboxylic acids is 1. The lowest BCUT2D eigenvalue weighted by Gasteiger charge is -2.30. The van der Waals surface area contributed by atoms with E-state index in [0.717, 1.165) is 31.6 Å². The quantitative estimate of drug-likeness (QED) is 0.909. The van der Waals surface area contributed by atoms with E-state index in [9.17, 15) is 4.79 Å². The zero-order valence-electron chi connectivity index (χ0n) is 11.8. The molecule has 2 heterocycles. The highest BCUT2D eigenvalue weighted by atomic mass is 35.5. The zero-order chi connectivity index (χ0) is 13.0. The van der Waals surface area contributed by atoms with Gasteiger partial charge >= 0.3 is 0 Å². The number of fused-ring (bicyclic) bond motifs is 3. The highest BCUT2D eigenvalue weighted by Crippen LogP contribution is 2.47. The maximum Gasteiger partial charge on any atom is 0.255 e. The van der Waals surface area contributed by atoms with Crippen molar-refractivity contribution in [2.75, 3.05) is 19.6 Å². The summed E-state index contributed by atoms with van der Waals surface area (Å²) in [5.74, 6) is 0.935. The van der Waals surface area contributed by atoms with Gasteiger partial charge in [0.1, 0.15) is 0 Å². The van der Waals surface area contributed by atoms with Gasteiger partial charge in [-0.1, -0.05) is 19.1 Å². The first-order chi connectivity index (χ1) is 9.29. The number of nitrogens with one attached hydrogen (secondary N) is 1. The van der Waals surface area contributed by atoms with Crippen LogP contribution in [0.1, 0.15) is 58.8 Å². The van der Waals surface area contributed by atoms with Gasteiger partial charge < -0.3 is 10.2 Å². The second kappa shape index (κ2) is 5.05. The predicted octanol–water partition coefficient (Wildman–Crippen LogP) is 2.65. The molecule has 20 heavy (non-hydrogen) atoms. The number of halogens is 1. The Kier molecular flexibility index (Phi) is 3.51. The minimum atomic E-state index is 0. The lowest BCUT2D eigenvalue weighted by molar-refractivity contribution is 0.0690. The van der Waals surface area contributed by atoms with E-state index >= 15 is 0 Å². The van der Waals surface area contributed by atoms with Crippen LogP contribution in [-0.2, 0) is 6.42 Å². The van der Waals surface area contributed by atoms with Crippen LogP contribution in [0.4, 0.5) is 0 Å². The van der Waals surface area contributed by atoms with E-state index in [0.29, 0.717) is 5.92 Å². The van der Waals surface area contributed by atoms with Crippen molar-refractivity contribution >= 4 is 18.3 Å². The summed E-state index contributed by atoms with van der Waals surface area (Å²) in [7, 11) is 0. The number of benzene rings is 1. The third-order valence-corrected chi connectivity index (χ3v) is 4.76. The van der Waals surface area contributed by atoms with E-state index in [4.69, 9.17) is 0 Å². The molecule has 1 atom stereocenters. The van der Waals surface area contributed by atoms with Gasteiger partial charge in [0, 0.05) is 25.2 Å². The fourth-order valence-corrected chi connectivity index (χ4v) is 3.55. The van der Waals surface area contributed by atoms with Gasteiger partial charge in [-0.2, -0.15) is 0 Å². The molecule has 2 fully saturated rings. The molecule has 1 amide bonds. The third kappa shape index (κ3) is 1.95. The zero-order valence-corrected chi connectivity index (χ0v) is 12.6. The van der Waals surface area contributed by atoms with E-state index in [-0.39, 0.29) is 24.4 Å². The Morgan fingerprint density at radius 2 is 2.05 bits per heavy atom. The van der Waals surface area contributed by atoms with Crippen LogP contribution in [0.2, 0.25) is 0 Å². The molecule has 1 saturated heterocycles. The molecule has 2 aliphatic heterocycles. The Morgan fingerprint density at radius 3 is 2.75 bits per heavy atom. The molecule has 0 bridgehead atoms. The molecule has 4 rings (SSSR count). The number of piperazine rings is 1. The van der Waals surface area contributed by atoms with Gasteiger partial charge in [-0.25, -0.2) is 0 Å². The summed E-state index contributed by atoms with van der Waals surface area (Å²) in [5.41, 5.74) is 5.07. The van der Waals surface area contributed by atoms with Crippen LogP contribution >= 0.6 is 12.4 Å². The average molecular weight is 293 g/mol. The fraction of sp³-hybridized carbons (Fsp3) is 0.562.